The third-order valence-electron chi connectivity index (χ3n) is 4.29. The molecule has 1 aliphatic rings. The van der Waals surface area contributed by atoms with Crippen molar-refractivity contribution in [3.63, 3.8) is 0 Å². The van der Waals surface area contributed by atoms with E-state index in [1.54, 1.807) is 0 Å². The Hall–Kier alpha value is -1.51. The van der Waals surface area contributed by atoms with Crippen LogP contribution < -0.4 is 5.32 Å². The number of hydrogen-bond donors (Lipinski definition) is 2. The van der Waals surface area contributed by atoms with Gasteiger partial charge in [0.2, 0.25) is 5.95 Å². The number of H-pyrrole nitrogens is 1. The van der Waals surface area contributed by atoms with Gasteiger partial charge in [-0.25, -0.2) is 4.98 Å². The molecule has 1 aromatic heterocycles. The molecule has 108 valence electrons. The average Bonchev–Trinajstić information content (AvgIpc) is 2.66. The quantitative estimate of drug-likeness (QED) is 0.839. The first kappa shape index (κ1) is 13.5. The second kappa shape index (κ2) is 4.51. The van der Waals surface area contributed by atoms with E-state index in [0.717, 1.165) is 17.0 Å². The summed E-state index contributed by atoms with van der Waals surface area (Å²) >= 11 is 0. The first-order valence-electron chi connectivity index (χ1n) is 7.54. The Labute approximate surface area is 121 Å². The topological polar surface area (TPSA) is 40.7 Å². The van der Waals surface area contributed by atoms with Crippen LogP contribution in [0.2, 0.25) is 0 Å². The van der Waals surface area contributed by atoms with Crippen molar-refractivity contribution in [1.29, 1.82) is 0 Å². The van der Waals surface area contributed by atoms with Crippen LogP contribution in [-0.2, 0) is 0 Å². The molecule has 20 heavy (non-hydrogen) atoms. The lowest BCUT2D eigenvalue weighted by atomic mass is 9.63. The summed E-state index contributed by atoms with van der Waals surface area (Å²) in [6, 6.07) is 8.68. The number of imidazole rings is 1. The summed E-state index contributed by atoms with van der Waals surface area (Å²) in [5.74, 6) is 0.907. The smallest absolute Gasteiger partial charge is 0.201 e. The van der Waals surface area contributed by atoms with Gasteiger partial charge in [-0.3, -0.25) is 0 Å². The Morgan fingerprint density at radius 3 is 2.40 bits per heavy atom. The van der Waals surface area contributed by atoms with Gasteiger partial charge in [-0.1, -0.05) is 39.8 Å². The molecule has 1 heterocycles. The molecule has 1 aromatic carbocycles. The van der Waals surface area contributed by atoms with Crippen LogP contribution in [0.25, 0.3) is 11.0 Å². The van der Waals surface area contributed by atoms with Crippen molar-refractivity contribution < 1.29 is 0 Å². The van der Waals surface area contributed by atoms with E-state index < -0.39 is 0 Å². The maximum atomic E-state index is 4.64. The molecule has 3 rings (SSSR count). The Morgan fingerprint density at radius 2 is 1.75 bits per heavy atom. The van der Waals surface area contributed by atoms with Gasteiger partial charge in [-0.2, -0.15) is 0 Å². The molecule has 0 aliphatic heterocycles. The number of para-hydroxylation sites is 2. The van der Waals surface area contributed by atoms with E-state index >= 15 is 0 Å². The molecule has 1 saturated carbocycles. The molecular weight excluding hydrogens is 246 g/mol. The van der Waals surface area contributed by atoms with E-state index in [-0.39, 0.29) is 0 Å². The van der Waals surface area contributed by atoms with Gasteiger partial charge in [0, 0.05) is 6.04 Å². The maximum absolute atomic E-state index is 4.64. The van der Waals surface area contributed by atoms with E-state index in [9.17, 15) is 0 Å². The average molecular weight is 271 g/mol. The molecule has 3 heteroatoms. The fraction of sp³-hybridized carbons (Fsp3) is 0.588. The third kappa shape index (κ3) is 2.82. The lowest BCUT2D eigenvalue weighted by Crippen LogP contribution is -2.40. The number of hydrogen-bond acceptors (Lipinski definition) is 2. The normalized spacial score (nSPS) is 22.0. The molecule has 2 aromatic rings. The molecule has 1 aliphatic carbocycles. The highest BCUT2D eigenvalue weighted by molar-refractivity contribution is 5.77. The number of nitrogens with zero attached hydrogens (tertiary/aromatic N) is 1. The summed E-state index contributed by atoms with van der Waals surface area (Å²) in [6.45, 7) is 9.50. The maximum Gasteiger partial charge on any atom is 0.201 e. The highest BCUT2D eigenvalue weighted by Gasteiger charge is 2.38. The minimum Gasteiger partial charge on any atom is -0.353 e. The number of benzene rings is 1. The highest BCUT2D eigenvalue weighted by Crippen LogP contribution is 2.46. The van der Waals surface area contributed by atoms with Crippen molar-refractivity contribution in [1.82, 2.24) is 9.97 Å². The van der Waals surface area contributed by atoms with Crippen molar-refractivity contribution in [2.24, 2.45) is 10.8 Å². The predicted octanol–water partition coefficient (Wildman–Crippen LogP) is 4.58. The summed E-state index contributed by atoms with van der Waals surface area (Å²) in [6.07, 6.45) is 3.69. The van der Waals surface area contributed by atoms with Gasteiger partial charge < -0.3 is 10.3 Å². The minimum absolute atomic E-state index is 0.394. The van der Waals surface area contributed by atoms with E-state index in [2.05, 4.69) is 49.0 Å². The fourth-order valence-electron chi connectivity index (χ4n) is 4.16. The number of nitrogens with one attached hydrogen (secondary N) is 2. The van der Waals surface area contributed by atoms with Crippen LogP contribution in [0.5, 0.6) is 0 Å². The number of fused-ring (bicyclic) bond motifs is 1. The van der Waals surface area contributed by atoms with E-state index in [1.807, 2.05) is 18.2 Å². The summed E-state index contributed by atoms with van der Waals surface area (Å²) < 4.78 is 0. The van der Waals surface area contributed by atoms with Crippen LogP contribution >= 0.6 is 0 Å². The first-order chi connectivity index (χ1) is 9.33. The van der Waals surface area contributed by atoms with Crippen LogP contribution in [0.3, 0.4) is 0 Å². The first-order valence-corrected chi connectivity index (χ1v) is 7.54. The standard InChI is InChI=1S/C17H25N3/c1-16(2)9-12(10-17(3,4)11-16)18-15-19-13-7-5-6-8-14(13)20-15/h5-8,12H,9-11H2,1-4H3,(H2,18,19,20). The van der Waals surface area contributed by atoms with Gasteiger partial charge in [0.25, 0.3) is 0 Å². The summed E-state index contributed by atoms with van der Waals surface area (Å²) in [4.78, 5) is 8.01. The number of aromatic nitrogens is 2. The van der Waals surface area contributed by atoms with E-state index in [4.69, 9.17) is 0 Å². The lowest BCUT2D eigenvalue weighted by Gasteiger charge is -2.45. The summed E-state index contributed by atoms with van der Waals surface area (Å²) in [5.41, 5.74) is 2.92. The number of aromatic amines is 1. The van der Waals surface area contributed by atoms with Crippen molar-refractivity contribution in [3.05, 3.63) is 24.3 Å². The Balaban J connectivity index is 1.79. The molecule has 0 radical (unpaired) electrons. The molecule has 3 nitrogen and oxygen atoms in total. The fourth-order valence-corrected chi connectivity index (χ4v) is 4.16. The van der Waals surface area contributed by atoms with Gasteiger partial charge in [0.15, 0.2) is 0 Å². The predicted molar refractivity (Wildman–Crippen MR) is 84.9 cm³/mol. The minimum atomic E-state index is 0.394. The molecule has 2 N–H and O–H groups in total. The van der Waals surface area contributed by atoms with Crippen LogP contribution in [0.4, 0.5) is 5.95 Å². The van der Waals surface area contributed by atoms with Crippen LogP contribution in [-0.4, -0.2) is 16.0 Å². The van der Waals surface area contributed by atoms with E-state index in [1.165, 1.54) is 19.3 Å². The van der Waals surface area contributed by atoms with Crippen molar-refractivity contribution >= 4 is 17.0 Å². The highest BCUT2D eigenvalue weighted by atomic mass is 15.1. The Bertz CT molecular complexity index is 560. The van der Waals surface area contributed by atoms with Crippen LogP contribution in [0.15, 0.2) is 24.3 Å². The second-order valence-electron chi connectivity index (χ2n) is 7.86. The van der Waals surface area contributed by atoms with Gasteiger partial charge in [0.05, 0.1) is 11.0 Å². The van der Waals surface area contributed by atoms with Gasteiger partial charge >= 0.3 is 0 Å². The summed E-state index contributed by atoms with van der Waals surface area (Å²) in [7, 11) is 0. The van der Waals surface area contributed by atoms with E-state index in [0.29, 0.717) is 16.9 Å². The zero-order valence-electron chi connectivity index (χ0n) is 13.0. The molecule has 1 fully saturated rings. The monoisotopic (exact) mass is 271 g/mol. The molecule has 0 atom stereocenters. The molecule has 0 saturated heterocycles. The Kier molecular flexibility index (Phi) is 3.03. The molecule has 0 amide bonds. The molecular formula is C17H25N3. The second-order valence-corrected chi connectivity index (χ2v) is 7.86. The Morgan fingerprint density at radius 1 is 1.10 bits per heavy atom. The van der Waals surface area contributed by atoms with Crippen molar-refractivity contribution in [2.45, 2.75) is 53.0 Å². The van der Waals surface area contributed by atoms with Crippen molar-refractivity contribution in [2.75, 3.05) is 5.32 Å². The largest absolute Gasteiger partial charge is 0.353 e. The zero-order valence-corrected chi connectivity index (χ0v) is 13.0. The third-order valence-corrected chi connectivity index (χ3v) is 4.29. The lowest BCUT2D eigenvalue weighted by molar-refractivity contribution is 0.105. The zero-order chi connectivity index (χ0) is 14.4. The van der Waals surface area contributed by atoms with Crippen LogP contribution in [0, 0.1) is 10.8 Å². The number of anilines is 1. The molecule has 0 bridgehead atoms. The number of rotatable bonds is 2. The molecule has 0 spiro atoms. The van der Waals surface area contributed by atoms with Crippen LogP contribution in [0.1, 0.15) is 47.0 Å². The molecule has 0 unspecified atom stereocenters. The van der Waals surface area contributed by atoms with Gasteiger partial charge in [-0.05, 0) is 42.2 Å². The summed E-state index contributed by atoms with van der Waals surface area (Å²) in [5, 5.41) is 3.61. The van der Waals surface area contributed by atoms with Gasteiger partial charge in [-0.15, -0.1) is 0 Å². The van der Waals surface area contributed by atoms with Gasteiger partial charge in [0.1, 0.15) is 0 Å². The van der Waals surface area contributed by atoms with Crippen molar-refractivity contribution in [3.8, 4) is 0 Å². The SMILES string of the molecule is CC1(C)CC(Nc2nc3ccccc3[nH]2)CC(C)(C)C1.